The van der Waals surface area contributed by atoms with Crippen LogP contribution in [0, 0.1) is 19.3 Å². The second-order valence-corrected chi connectivity index (χ2v) is 2.35. The zero-order valence-corrected chi connectivity index (χ0v) is 6.95. The Morgan fingerprint density at radius 3 is 3.08 bits per heavy atom. The molecule has 1 aromatic rings. The number of aryl methyl sites for hydroxylation is 1. The molecule has 0 saturated heterocycles. The number of aromatic nitrogens is 2. The minimum Gasteiger partial charge on any atom is -0.362 e. The Labute approximate surface area is 71.8 Å². The van der Waals surface area contributed by atoms with Crippen LogP contribution in [-0.2, 0) is 11.3 Å². The first-order chi connectivity index (χ1) is 5.83. The van der Waals surface area contributed by atoms with Crippen LogP contribution < -0.4 is 0 Å². The van der Waals surface area contributed by atoms with Crippen molar-refractivity contribution in [3.8, 4) is 12.3 Å². The smallest absolute Gasteiger partial charge is 0.107 e. The van der Waals surface area contributed by atoms with E-state index in [-0.39, 0.29) is 0 Å². The fraction of sp³-hybridized carbons (Fsp3) is 0.333. The van der Waals surface area contributed by atoms with Crippen LogP contribution in [0.5, 0.6) is 0 Å². The highest BCUT2D eigenvalue weighted by atomic mass is 16.5. The molecular weight excluding hydrogens is 152 g/mol. The molecule has 0 N–H and O–H groups in total. The summed E-state index contributed by atoms with van der Waals surface area (Å²) in [6.07, 6.45) is 8.38. The summed E-state index contributed by atoms with van der Waals surface area (Å²) >= 11 is 0. The van der Waals surface area contributed by atoms with E-state index in [0.717, 1.165) is 11.4 Å². The lowest BCUT2D eigenvalue weighted by Crippen LogP contribution is -1.97. The maximum absolute atomic E-state index is 5.09. The van der Waals surface area contributed by atoms with Gasteiger partial charge in [-0.25, -0.2) is 0 Å². The lowest BCUT2D eigenvalue weighted by Gasteiger charge is -1.99. The molecular formula is C9H10N2O. The van der Waals surface area contributed by atoms with E-state index in [1.165, 1.54) is 0 Å². The number of hydrogen-bond donors (Lipinski definition) is 0. The Bertz CT molecular complexity index is 291. The molecule has 0 unspecified atom stereocenters. The fourth-order valence-electron chi connectivity index (χ4n) is 0.799. The predicted molar refractivity (Wildman–Crippen MR) is 45.3 cm³/mol. The van der Waals surface area contributed by atoms with Gasteiger partial charge >= 0.3 is 0 Å². The van der Waals surface area contributed by atoms with Crippen LogP contribution in [0.15, 0.2) is 12.4 Å². The molecule has 1 heterocycles. The summed E-state index contributed by atoms with van der Waals surface area (Å²) in [6, 6.07) is 0. The summed E-state index contributed by atoms with van der Waals surface area (Å²) in [6.45, 7) is 2.63. The summed E-state index contributed by atoms with van der Waals surface area (Å²) in [5.74, 6) is 2.38. The fourth-order valence-corrected chi connectivity index (χ4v) is 0.799. The van der Waals surface area contributed by atoms with Crippen molar-refractivity contribution in [3.05, 3.63) is 23.8 Å². The van der Waals surface area contributed by atoms with Gasteiger partial charge in [-0.05, 0) is 6.92 Å². The third-order valence-corrected chi connectivity index (χ3v) is 1.24. The standard InChI is InChI=1S/C9H10N2O/c1-3-4-12-7-9-6-10-5-8(2)11-9/h1,5-6H,4,7H2,2H3. The lowest BCUT2D eigenvalue weighted by atomic mass is 10.4. The van der Waals surface area contributed by atoms with E-state index in [0.29, 0.717) is 13.2 Å². The van der Waals surface area contributed by atoms with Crippen LogP contribution in [0.2, 0.25) is 0 Å². The summed E-state index contributed by atoms with van der Waals surface area (Å²) in [5.41, 5.74) is 1.70. The van der Waals surface area contributed by atoms with Gasteiger partial charge in [0.1, 0.15) is 6.61 Å². The average Bonchev–Trinajstić information content (AvgIpc) is 2.05. The molecule has 0 spiro atoms. The van der Waals surface area contributed by atoms with Crippen LogP contribution in [0.1, 0.15) is 11.4 Å². The third kappa shape index (κ3) is 2.69. The monoisotopic (exact) mass is 162 g/mol. The van der Waals surface area contributed by atoms with Crippen molar-refractivity contribution >= 4 is 0 Å². The molecule has 3 heteroatoms. The first kappa shape index (κ1) is 8.69. The van der Waals surface area contributed by atoms with Crippen molar-refractivity contribution in [2.75, 3.05) is 6.61 Å². The van der Waals surface area contributed by atoms with Gasteiger partial charge in [0.15, 0.2) is 0 Å². The maximum Gasteiger partial charge on any atom is 0.107 e. The number of ether oxygens (including phenoxy) is 1. The molecule has 0 fully saturated rings. The summed E-state index contributed by atoms with van der Waals surface area (Å²) in [7, 11) is 0. The van der Waals surface area contributed by atoms with Gasteiger partial charge in [-0.2, -0.15) is 0 Å². The molecule has 0 aliphatic heterocycles. The van der Waals surface area contributed by atoms with Gasteiger partial charge in [-0.3, -0.25) is 9.97 Å². The molecule has 0 aliphatic carbocycles. The molecule has 0 amide bonds. The second-order valence-electron chi connectivity index (χ2n) is 2.35. The molecule has 0 saturated carbocycles. The van der Waals surface area contributed by atoms with Gasteiger partial charge < -0.3 is 4.74 Å². The van der Waals surface area contributed by atoms with Gasteiger partial charge in [0, 0.05) is 6.20 Å². The van der Waals surface area contributed by atoms with E-state index >= 15 is 0 Å². The number of hydrogen-bond acceptors (Lipinski definition) is 3. The summed E-state index contributed by atoms with van der Waals surface area (Å²) < 4.78 is 5.09. The van der Waals surface area contributed by atoms with Gasteiger partial charge in [-0.1, -0.05) is 5.92 Å². The highest BCUT2D eigenvalue weighted by molar-refractivity contribution is 5.00. The Hall–Kier alpha value is -1.40. The van der Waals surface area contributed by atoms with Crippen molar-refractivity contribution in [2.45, 2.75) is 13.5 Å². The van der Waals surface area contributed by atoms with Crippen molar-refractivity contribution in [3.63, 3.8) is 0 Å². The molecule has 0 aromatic carbocycles. The Balaban J connectivity index is 2.48. The Kier molecular flexibility index (Phi) is 3.24. The SMILES string of the molecule is C#CCOCc1cncc(C)n1. The van der Waals surface area contributed by atoms with Crippen LogP contribution in [0.25, 0.3) is 0 Å². The summed E-state index contributed by atoms with van der Waals surface area (Å²) in [5, 5.41) is 0. The van der Waals surface area contributed by atoms with E-state index < -0.39 is 0 Å². The predicted octanol–water partition coefficient (Wildman–Crippen LogP) is 0.935. The molecule has 0 radical (unpaired) electrons. The highest BCUT2D eigenvalue weighted by Gasteiger charge is 1.94. The number of terminal acetylenes is 1. The first-order valence-corrected chi connectivity index (χ1v) is 3.61. The van der Waals surface area contributed by atoms with Crippen LogP contribution in [0.4, 0.5) is 0 Å². The molecule has 0 aliphatic rings. The number of nitrogens with zero attached hydrogens (tertiary/aromatic N) is 2. The van der Waals surface area contributed by atoms with Gasteiger partial charge in [0.25, 0.3) is 0 Å². The van der Waals surface area contributed by atoms with Crippen LogP contribution >= 0.6 is 0 Å². The minimum absolute atomic E-state index is 0.315. The van der Waals surface area contributed by atoms with Crippen molar-refractivity contribution in [1.82, 2.24) is 9.97 Å². The minimum atomic E-state index is 0.315. The first-order valence-electron chi connectivity index (χ1n) is 3.61. The van der Waals surface area contributed by atoms with Gasteiger partial charge in [0.05, 0.1) is 24.2 Å². The van der Waals surface area contributed by atoms with Crippen LogP contribution in [-0.4, -0.2) is 16.6 Å². The molecule has 12 heavy (non-hydrogen) atoms. The maximum atomic E-state index is 5.09. The van der Waals surface area contributed by atoms with Crippen molar-refractivity contribution in [1.29, 1.82) is 0 Å². The van der Waals surface area contributed by atoms with Gasteiger partial charge in [0.2, 0.25) is 0 Å². The summed E-state index contributed by atoms with van der Waals surface area (Å²) in [4.78, 5) is 8.16. The second kappa shape index (κ2) is 4.47. The van der Waals surface area contributed by atoms with E-state index in [2.05, 4.69) is 15.9 Å². The molecule has 1 aromatic heterocycles. The van der Waals surface area contributed by atoms with Gasteiger partial charge in [-0.15, -0.1) is 6.42 Å². The molecule has 0 bridgehead atoms. The number of rotatable bonds is 3. The van der Waals surface area contributed by atoms with E-state index in [1.807, 2.05) is 6.92 Å². The Morgan fingerprint density at radius 2 is 2.42 bits per heavy atom. The largest absolute Gasteiger partial charge is 0.362 e. The molecule has 1 rings (SSSR count). The van der Waals surface area contributed by atoms with Crippen molar-refractivity contribution in [2.24, 2.45) is 0 Å². The third-order valence-electron chi connectivity index (χ3n) is 1.24. The molecule has 0 atom stereocenters. The topological polar surface area (TPSA) is 35.0 Å². The quantitative estimate of drug-likeness (QED) is 0.490. The molecule has 62 valence electrons. The van der Waals surface area contributed by atoms with E-state index in [1.54, 1.807) is 12.4 Å². The van der Waals surface area contributed by atoms with E-state index in [4.69, 9.17) is 11.2 Å². The highest BCUT2D eigenvalue weighted by Crippen LogP contribution is 1.96. The zero-order chi connectivity index (χ0) is 8.81. The van der Waals surface area contributed by atoms with Crippen molar-refractivity contribution < 1.29 is 4.74 Å². The average molecular weight is 162 g/mol. The lowest BCUT2D eigenvalue weighted by molar-refractivity contribution is 0.150. The zero-order valence-electron chi connectivity index (χ0n) is 6.95. The molecule has 3 nitrogen and oxygen atoms in total. The normalized spacial score (nSPS) is 9.33. The van der Waals surface area contributed by atoms with E-state index in [9.17, 15) is 0 Å². The van der Waals surface area contributed by atoms with Crippen LogP contribution in [0.3, 0.4) is 0 Å². The Morgan fingerprint density at radius 1 is 1.58 bits per heavy atom.